The summed E-state index contributed by atoms with van der Waals surface area (Å²) in [5.74, 6) is -0.351. The van der Waals surface area contributed by atoms with Crippen molar-refractivity contribution >= 4 is 34.0 Å². The molecule has 0 aliphatic rings. The number of halogens is 1. The van der Waals surface area contributed by atoms with Gasteiger partial charge in [-0.15, -0.1) is 11.3 Å². The maximum absolute atomic E-state index is 11.6. The van der Waals surface area contributed by atoms with Gasteiger partial charge in [0.25, 0.3) is 0 Å². The van der Waals surface area contributed by atoms with E-state index in [1.807, 2.05) is 29.6 Å². The quantitative estimate of drug-likeness (QED) is 0.799. The third-order valence-corrected chi connectivity index (χ3v) is 4.89. The van der Waals surface area contributed by atoms with Gasteiger partial charge in [0.2, 0.25) is 0 Å². The lowest BCUT2D eigenvalue weighted by atomic mass is 10.0. The van der Waals surface area contributed by atoms with Crippen molar-refractivity contribution in [2.75, 3.05) is 6.54 Å². The van der Waals surface area contributed by atoms with Gasteiger partial charge in [0, 0.05) is 11.9 Å². The van der Waals surface area contributed by atoms with Gasteiger partial charge in [-0.3, -0.25) is 4.57 Å². The minimum atomic E-state index is -0.351. The van der Waals surface area contributed by atoms with Gasteiger partial charge in [-0.2, -0.15) is 0 Å². The summed E-state index contributed by atoms with van der Waals surface area (Å²) in [5, 5.41) is 6.15. The monoisotopic (exact) mass is 322 g/mol. The first-order valence-corrected chi connectivity index (χ1v) is 7.93. The summed E-state index contributed by atoms with van der Waals surface area (Å²) in [6, 6.07) is 7.70. The molecule has 1 N–H and O–H groups in total. The van der Waals surface area contributed by atoms with E-state index in [4.69, 9.17) is 16.0 Å². The standard InChI is InChI=1S/C15H15ClN2O2S/c1-3-17-13(14-10(16)6-7-21-14)9-4-5-11-12(8-9)20-15(19)18(11)2/h4-8,13,17H,3H2,1-2H3. The zero-order valence-electron chi connectivity index (χ0n) is 11.7. The first-order valence-electron chi connectivity index (χ1n) is 6.67. The van der Waals surface area contributed by atoms with Crippen molar-refractivity contribution in [1.29, 1.82) is 0 Å². The summed E-state index contributed by atoms with van der Waals surface area (Å²) in [6.07, 6.45) is 0. The number of benzene rings is 1. The predicted molar refractivity (Wildman–Crippen MR) is 86.3 cm³/mol. The zero-order chi connectivity index (χ0) is 15.0. The van der Waals surface area contributed by atoms with Crippen molar-refractivity contribution in [3.05, 3.63) is 55.7 Å². The number of aryl methyl sites for hydroxylation is 1. The van der Waals surface area contributed by atoms with Gasteiger partial charge in [0.1, 0.15) is 0 Å². The molecule has 4 nitrogen and oxygen atoms in total. The molecule has 0 fully saturated rings. The lowest BCUT2D eigenvalue weighted by molar-refractivity contribution is 0.527. The van der Waals surface area contributed by atoms with Crippen molar-refractivity contribution in [2.24, 2.45) is 7.05 Å². The minimum absolute atomic E-state index is 0.00240. The van der Waals surface area contributed by atoms with Crippen LogP contribution in [0.1, 0.15) is 23.4 Å². The van der Waals surface area contributed by atoms with Crippen molar-refractivity contribution in [3.63, 3.8) is 0 Å². The first-order chi connectivity index (χ1) is 10.1. The van der Waals surface area contributed by atoms with Crippen LogP contribution in [0, 0.1) is 0 Å². The van der Waals surface area contributed by atoms with Crippen LogP contribution in [0.5, 0.6) is 0 Å². The fraction of sp³-hybridized carbons (Fsp3) is 0.267. The second-order valence-corrected chi connectivity index (χ2v) is 6.13. The smallest absolute Gasteiger partial charge is 0.408 e. The van der Waals surface area contributed by atoms with E-state index in [-0.39, 0.29) is 11.8 Å². The predicted octanol–water partition coefficient (Wildman–Crippen LogP) is 3.55. The Kier molecular flexibility index (Phi) is 3.89. The maximum atomic E-state index is 11.6. The fourth-order valence-electron chi connectivity index (χ4n) is 2.41. The van der Waals surface area contributed by atoms with Gasteiger partial charge in [-0.1, -0.05) is 24.6 Å². The van der Waals surface area contributed by atoms with Crippen LogP contribution in [-0.2, 0) is 7.05 Å². The average Bonchev–Trinajstić information content (AvgIpc) is 3.01. The van der Waals surface area contributed by atoms with Crippen LogP contribution in [0.15, 0.2) is 38.9 Å². The van der Waals surface area contributed by atoms with E-state index in [2.05, 4.69) is 12.2 Å². The highest BCUT2D eigenvalue weighted by molar-refractivity contribution is 7.10. The molecule has 3 aromatic rings. The van der Waals surface area contributed by atoms with Crippen molar-refractivity contribution in [2.45, 2.75) is 13.0 Å². The summed E-state index contributed by atoms with van der Waals surface area (Å²) in [4.78, 5) is 12.7. The van der Waals surface area contributed by atoms with Gasteiger partial charge in [0.05, 0.1) is 16.6 Å². The number of nitrogens with zero attached hydrogens (tertiary/aromatic N) is 1. The Morgan fingerprint density at radius 3 is 2.90 bits per heavy atom. The van der Waals surface area contributed by atoms with E-state index in [1.54, 1.807) is 18.4 Å². The van der Waals surface area contributed by atoms with E-state index in [1.165, 1.54) is 4.57 Å². The van der Waals surface area contributed by atoms with Crippen LogP contribution in [0.2, 0.25) is 5.02 Å². The molecule has 1 unspecified atom stereocenters. The Bertz CT molecular complexity index is 834. The Labute approximate surface area is 131 Å². The summed E-state index contributed by atoms with van der Waals surface area (Å²) in [7, 11) is 1.70. The van der Waals surface area contributed by atoms with Crippen molar-refractivity contribution < 1.29 is 4.42 Å². The van der Waals surface area contributed by atoms with Crippen LogP contribution in [0.3, 0.4) is 0 Å². The lowest BCUT2D eigenvalue weighted by Gasteiger charge is -2.17. The minimum Gasteiger partial charge on any atom is -0.408 e. The fourth-order valence-corrected chi connectivity index (χ4v) is 3.67. The van der Waals surface area contributed by atoms with Gasteiger partial charge in [-0.05, 0) is 35.7 Å². The average molecular weight is 323 g/mol. The summed E-state index contributed by atoms with van der Waals surface area (Å²) in [6.45, 7) is 2.87. The van der Waals surface area contributed by atoms with Gasteiger partial charge >= 0.3 is 5.76 Å². The third kappa shape index (κ3) is 2.52. The molecule has 0 aliphatic heterocycles. The Balaban J connectivity index is 2.11. The molecule has 0 aliphatic carbocycles. The molecule has 2 aromatic heterocycles. The van der Waals surface area contributed by atoms with Crippen molar-refractivity contribution in [3.8, 4) is 0 Å². The second kappa shape index (κ2) is 5.67. The highest BCUT2D eigenvalue weighted by Gasteiger charge is 2.19. The SMILES string of the molecule is CCNC(c1ccc2c(c1)oc(=O)n2C)c1sccc1Cl. The summed E-state index contributed by atoms with van der Waals surface area (Å²) < 4.78 is 6.76. The molecule has 1 atom stereocenters. The third-order valence-electron chi connectivity index (χ3n) is 3.46. The number of oxazole rings is 1. The second-order valence-electron chi connectivity index (χ2n) is 4.78. The van der Waals surface area contributed by atoms with Crippen LogP contribution >= 0.6 is 22.9 Å². The van der Waals surface area contributed by atoms with E-state index >= 15 is 0 Å². The number of rotatable bonds is 4. The summed E-state index contributed by atoms with van der Waals surface area (Å²) >= 11 is 7.87. The molecule has 0 saturated heterocycles. The van der Waals surface area contributed by atoms with Crippen LogP contribution < -0.4 is 11.1 Å². The van der Waals surface area contributed by atoms with Crippen LogP contribution in [-0.4, -0.2) is 11.1 Å². The van der Waals surface area contributed by atoms with Gasteiger partial charge < -0.3 is 9.73 Å². The number of hydrogen-bond acceptors (Lipinski definition) is 4. The number of aromatic nitrogens is 1. The molecule has 1 aromatic carbocycles. The van der Waals surface area contributed by atoms with Crippen molar-refractivity contribution in [1.82, 2.24) is 9.88 Å². The molecule has 110 valence electrons. The van der Waals surface area contributed by atoms with Crippen LogP contribution in [0.4, 0.5) is 0 Å². The Morgan fingerprint density at radius 1 is 1.43 bits per heavy atom. The number of thiophene rings is 1. The normalized spacial score (nSPS) is 12.9. The Morgan fingerprint density at radius 2 is 2.24 bits per heavy atom. The highest BCUT2D eigenvalue weighted by Crippen LogP contribution is 2.33. The lowest BCUT2D eigenvalue weighted by Crippen LogP contribution is -2.21. The molecule has 6 heteroatoms. The largest absolute Gasteiger partial charge is 0.419 e. The first kappa shape index (κ1) is 14.4. The van der Waals surface area contributed by atoms with Crippen LogP contribution in [0.25, 0.3) is 11.1 Å². The molecule has 3 rings (SSSR count). The molecule has 2 heterocycles. The molecule has 21 heavy (non-hydrogen) atoms. The molecule has 0 spiro atoms. The maximum Gasteiger partial charge on any atom is 0.419 e. The zero-order valence-corrected chi connectivity index (χ0v) is 13.3. The molecule has 0 amide bonds. The summed E-state index contributed by atoms with van der Waals surface area (Å²) in [5.41, 5.74) is 2.41. The number of fused-ring (bicyclic) bond motifs is 1. The number of nitrogens with one attached hydrogen (secondary N) is 1. The number of hydrogen-bond donors (Lipinski definition) is 1. The Hall–Kier alpha value is -1.56. The van der Waals surface area contributed by atoms with E-state index in [9.17, 15) is 4.79 Å². The molecule has 0 bridgehead atoms. The molecular formula is C15H15ClN2O2S. The molecule has 0 radical (unpaired) electrons. The van der Waals surface area contributed by atoms with E-state index < -0.39 is 0 Å². The molecular weight excluding hydrogens is 308 g/mol. The highest BCUT2D eigenvalue weighted by atomic mass is 35.5. The van der Waals surface area contributed by atoms with E-state index in [0.717, 1.165) is 27.5 Å². The van der Waals surface area contributed by atoms with Gasteiger partial charge in [-0.25, -0.2) is 4.79 Å². The molecule has 0 saturated carbocycles. The topological polar surface area (TPSA) is 47.2 Å². The van der Waals surface area contributed by atoms with E-state index in [0.29, 0.717) is 5.58 Å². The van der Waals surface area contributed by atoms with Gasteiger partial charge in [0.15, 0.2) is 5.58 Å².